The summed E-state index contributed by atoms with van der Waals surface area (Å²) in [7, 11) is 0. The van der Waals surface area contributed by atoms with Gasteiger partial charge < -0.3 is 4.74 Å². The number of rotatable bonds is 6. The quantitative estimate of drug-likeness (QED) is 0.631. The zero-order valence-electron chi connectivity index (χ0n) is 10.00. The van der Waals surface area contributed by atoms with Crippen LogP contribution in [-0.4, -0.2) is 43.0 Å². The average molecular weight is 213 g/mol. The zero-order chi connectivity index (χ0) is 11.1. The largest absolute Gasteiger partial charge is 0.380 e. The highest BCUT2D eigenvalue weighted by Gasteiger charge is 2.23. The summed E-state index contributed by atoms with van der Waals surface area (Å²) in [5.41, 5.74) is 0. The maximum Gasteiger partial charge on any atom is 0.134 e. The standard InChI is InChI=1S/C12H23NO2/c1-3-13(8-9-15-4-2)11-6-5-7-12(14)10-11/h11H,3-10H2,1-2H3. The summed E-state index contributed by atoms with van der Waals surface area (Å²) < 4.78 is 5.36. The first-order valence-electron chi connectivity index (χ1n) is 6.11. The summed E-state index contributed by atoms with van der Waals surface area (Å²) in [4.78, 5) is 13.7. The Kier molecular flexibility index (Phi) is 5.88. The van der Waals surface area contributed by atoms with Gasteiger partial charge in [-0.05, 0) is 26.3 Å². The Morgan fingerprint density at radius 2 is 2.27 bits per heavy atom. The first-order chi connectivity index (χ1) is 7.27. The van der Waals surface area contributed by atoms with Crippen molar-refractivity contribution in [3.05, 3.63) is 0 Å². The van der Waals surface area contributed by atoms with Crippen LogP contribution in [0.15, 0.2) is 0 Å². The van der Waals surface area contributed by atoms with Crippen molar-refractivity contribution in [3.63, 3.8) is 0 Å². The lowest BCUT2D eigenvalue weighted by atomic mass is 9.93. The molecule has 0 aliphatic heterocycles. The van der Waals surface area contributed by atoms with E-state index in [1.54, 1.807) is 0 Å². The van der Waals surface area contributed by atoms with Crippen LogP contribution in [0.2, 0.25) is 0 Å². The summed E-state index contributed by atoms with van der Waals surface area (Å²) in [5, 5.41) is 0. The van der Waals surface area contributed by atoms with Crippen molar-refractivity contribution in [1.29, 1.82) is 0 Å². The molecule has 3 heteroatoms. The van der Waals surface area contributed by atoms with E-state index in [9.17, 15) is 4.79 Å². The van der Waals surface area contributed by atoms with E-state index in [0.29, 0.717) is 11.8 Å². The molecular formula is C12H23NO2. The summed E-state index contributed by atoms with van der Waals surface area (Å²) in [6.45, 7) is 7.72. The van der Waals surface area contributed by atoms with Gasteiger partial charge in [0, 0.05) is 32.0 Å². The molecule has 1 fully saturated rings. The number of likely N-dealkylation sites (N-methyl/N-ethyl adjacent to an activating group) is 1. The second kappa shape index (κ2) is 6.96. The second-order valence-corrected chi connectivity index (χ2v) is 4.11. The Labute approximate surface area is 92.8 Å². The molecule has 0 N–H and O–H groups in total. The molecule has 0 radical (unpaired) electrons. The number of ether oxygens (including phenoxy) is 1. The van der Waals surface area contributed by atoms with Gasteiger partial charge in [0.25, 0.3) is 0 Å². The number of hydrogen-bond acceptors (Lipinski definition) is 3. The highest BCUT2D eigenvalue weighted by atomic mass is 16.5. The fraction of sp³-hybridized carbons (Fsp3) is 0.917. The van der Waals surface area contributed by atoms with Crippen molar-refractivity contribution in [1.82, 2.24) is 4.90 Å². The Hall–Kier alpha value is -0.410. The molecule has 0 heterocycles. The monoisotopic (exact) mass is 213 g/mol. The van der Waals surface area contributed by atoms with E-state index < -0.39 is 0 Å². The van der Waals surface area contributed by atoms with Crippen molar-refractivity contribution in [2.75, 3.05) is 26.3 Å². The molecule has 3 nitrogen and oxygen atoms in total. The molecular weight excluding hydrogens is 190 g/mol. The van der Waals surface area contributed by atoms with Crippen LogP contribution < -0.4 is 0 Å². The fourth-order valence-corrected chi connectivity index (χ4v) is 2.24. The minimum Gasteiger partial charge on any atom is -0.380 e. The minimum absolute atomic E-state index is 0.432. The molecule has 0 amide bonds. The number of ketones is 1. The number of Topliss-reactive ketones (excluding diaryl/α,β-unsaturated/α-hetero) is 1. The van der Waals surface area contributed by atoms with Gasteiger partial charge in [-0.1, -0.05) is 6.92 Å². The van der Waals surface area contributed by atoms with Gasteiger partial charge in [0.15, 0.2) is 0 Å². The zero-order valence-corrected chi connectivity index (χ0v) is 10.00. The Bertz CT molecular complexity index is 194. The van der Waals surface area contributed by atoms with Crippen molar-refractivity contribution in [3.8, 4) is 0 Å². The molecule has 1 saturated carbocycles. The molecule has 1 aliphatic carbocycles. The third-order valence-corrected chi connectivity index (χ3v) is 3.11. The smallest absolute Gasteiger partial charge is 0.134 e. The van der Waals surface area contributed by atoms with E-state index in [-0.39, 0.29) is 0 Å². The van der Waals surface area contributed by atoms with Gasteiger partial charge in [-0.25, -0.2) is 0 Å². The van der Waals surface area contributed by atoms with E-state index in [0.717, 1.165) is 45.6 Å². The SMILES string of the molecule is CCOCCN(CC)C1CCCC(=O)C1. The summed E-state index contributed by atoms with van der Waals surface area (Å²) in [6.07, 6.45) is 3.78. The van der Waals surface area contributed by atoms with Crippen LogP contribution in [0.4, 0.5) is 0 Å². The van der Waals surface area contributed by atoms with Crippen molar-refractivity contribution >= 4 is 5.78 Å². The molecule has 0 aromatic rings. The van der Waals surface area contributed by atoms with E-state index in [2.05, 4.69) is 11.8 Å². The van der Waals surface area contributed by atoms with Crippen LogP contribution in [0.25, 0.3) is 0 Å². The van der Waals surface area contributed by atoms with Crippen LogP contribution in [0, 0.1) is 0 Å². The molecule has 0 aromatic heterocycles. The van der Waals surface area contributed by atoms with Gasteiger partial charge in [0.1, 0.15) is 5.78 Å². The molecule has 0 saturated heterocycles. The molecule has 1 atom stereocenters. The third kappa shape index (κ3) is 4.31. The first-order valence-corrected chi connectivity index (χ1v) is 6.11. The average Bonchev–Trinajstić information content (AvgIpc) is 2.24. The Morgan fingerprint density at radius 3 is 2.87 bits per heavy atom. The maximum atomic E-state index is 11.4. The van der Waals surface area contributed by atoms with Gasteiger partial charge in [-0.2, -0.15) is 0 Å². The molecule has 1 unspecified atom stereocenters. The van der Waals surface area contributed by atoms with Gasteiger partial charge in [-0.15, -0.1) is 0 Å². The van der Waals surface area contributed by atoms with Crippen LogP contribution in [0.3, 0.4) is 0 Å². The third-order valence-electron chi connectivity index (χ3n) is 3.11. The van der Waals surface area contributed by atoms with Crippen molar-refractivity contribution < 1.29 is 9.53 Å². The Morgan fingerprint density at radius 1 is 1.47 bits per heavy atom. The predicted molar refractivity (Wildman–Crippen MR) is 61.0 cm³/mol. The second-order valence-electron chi connectivity index (χ2n) is 4.11. The van der Waals surface area contributed by atoms with Crippen LogP contribution in [-0.2, 0) is 9.53 Å². The van der Waals surface area contributed by atoms with Gasteiger partial charge in [0.05, 0.1) is 6.61 Å². The lowest BCUT2D eigenvalue weighted by molar-refractivity contribution is -0.122. The maximum absolute atomic E-state index is 11.4. The van der Waals surface area contributed by atoms with Crippen LogP contribution >= 0.6 is 0 Å². The molecule has 1 rings (SSSR count). The normalized spacial score (nSPS) is 22.3. The summed E-state index contributed by atoms with van der Waals surface area (Å²) >= 11 is 0. The van der Waals surface area contributed by atoms with Gasteiger partial charge in [0.2, 0.25) is 0 Å². The van der Waals surface area contributed by atoms with Gasteiger partial charge in [-0.3, -0.25) is 9.69 Å². The van der Waals surface area contributed by atoms with Gasteiger partial charge >= 0.3 is 0 Å². The minimum atomic E-state index is 0.432. The van der Waals surface area contributed by atoms with E-state index in [1.807, 2.05) is 6.92 Å². The summed E-state index contributed by atoms with van der Waals surface area (Å²) in [6, 6.07) is 0.469. The number of hydrogen-bond donors (Lipinski definition) is 0. The number of carbonyl (C=O) groups is 1. The number of carbonyl (C=O) groups excluding carboxylic acids is 1. The highest BCUT2D eigenvalue weighted by molar-refractivity contribution is 5.79. The number of nitrogens with zero attached hydrogens (tertiary/aromatic N) is 1. The molecule has 0 bridgehead atoms. The molecule has 0 spiro atoms. The Balaban J connectivity index is 2.32. The van der Waals surface area contributed by atoms with Crippen LogP contribution in [0.1, 0.15) is 39.5 Å². The molecule has 88 valence electrons. The lowest BCUT2D eigenvalue weighted by Crippen LogP contribution is -2.40. The summed E-state index contributed by atoms with van der Waals surface area (Å²) in [5.74, 6) is 0.432. The van der Waals surface area contributed by atoms with Crippen molar-refractivity contribution in [2.45, 2.75) is 45.6 Å². The fourth-order valence-electron chi connectivity index (χ4n) is 2.24. The molecule has 1 aliphatic rings. The predicted octanol–water partition coefficient (Wildman–Crippen LogP) is 1.86. The topological polar surface area (TPSA) is 29.5 Å². The van der Waals surface area contributed by atoms with Crippen LogP contribution in [0.5, 0.6) is 0 Å². The molecule has 15 heavy (non-hydrogen) atoms. The van der Waals surface area contributed by atoms with E-state index in [1.165, 1.54) is 6.42 Å². The van der Waals surface area contributed by atoms with E-state index in [4.69, 9.17) is 4.74 Å². The lowest BCUT2D eigenvalue weighted by Gasteiger charge is -2.32. The first kappa shape index (κ1) is 12.7. The van der Waals surface area contributed by atoms with Crippen molar-refractivity contribution in [2.24, 2.45) is 0 Å². The molecule has 0 aromatic carbocycles. The van der Waals surface area contributed by atoms with E-state index >= 15 is 0 Å². The highest BCUT2D eigenvalue weighted by Crippen LogP contribution is 2.19.